The fourth-order valence-electron chi connectivity index (χ4n) is 2.77. The van der Waals surface area contributed by atoms with Gasteiger partial charge in [-0.15, -0.1) is 0 Å². The first-order chi connectivity index (χ1) is 11.1. The zero-order valence-electron chi connectivity index (χ0n) is 13.3. The van der Waals surface area contributed by atoms with Gasteiger partial charge in [-0.3, -0.25) is 9.59 Å². The molecule has 2 fully saturated rings. The molecule has 0 saturated carbocycles. The molecule has 3 heterocycles. The molecule has 124 valence electrons. The number of anilines is 1. The van der Waals surface area contributed by atoms with Crippen LogP contribution in [0.2, 0.25) is 0 Å². The molecular weight excluding hydrogens is 298 g/mol. The van der Waals surface area contributed by atoms with Crippen LogP contribution in [0.5, 0.6) is 0 Å². The molecule has 0 aromatic carbocycles. The summed E-state index contributed by atoms with van der Waals surface area (Å²) in [5, 5.41) is 0. The van der Waals surface area contributed by atoms with Gasteiger partial charge in [0.1, 0.15) is 11.5 Å². The van der Waals surface area contributed by atoms with Crippen molar-refractivity contribution in [1.29, 1.82) is 0 Å². The summed E-state index contributed by atoms with van der Waals surface area (Å²) in [4.78, 5) is 37.9. The van der Waals surface area contributed by atoms with E-state index in [2.05, 4.69) is 14.9 Å². The Labute approximate surface area is 135 Å². The number of hydrogen-bond acceptors (Lipinski definition) is 6. The van der Waals surface area contributed by atoms with Crippen LogP contribution in [0.1, 0.15) is 17.4 Å². The highest BCUT2D eigenvalue weighted by atomic mass is 16.5. The van der Waals surface area contributed by atoms with Gasteiger partial charge in [0.05, 0.1) is 25.6 Å². The first kappa shape index (κ1) is 15.7. The van der Waals surface area contributed by atoms with E-state index in [1.54, 1.807) is 18.0 Å². The van der Waals surface area contributed by atoms with E-state index >= 15 is 0 Å². The van der Waals surface area contributed by atoms with Gasteiger partial charge >= 0.3 is 0 Å². The van der Waals surface area contributed by atoms with Crippen LogP contribution in [0.15, 0.2) is 12.4 Å². The average Bonchev–Trinajstić information content (AvgIpc) is 2.62. The monoisotopic (exact) mass is 319 g/mol. The van der Waals surface area contributed by atoms with E-state index in [0.717, 1.165) is 18.9 Å². The maximum Gasteiger partial charge on any atom is 0.274 e. The molecule has 0 aliphatic carbocycles. The maximum atomic E-state index is 12.3. The summed E-state index contributed by atoms with van der Waals surface area (Å²) >= 11 is 0. The van der Waals surface area contributed by atoms with Gasteiger partial charge in [0.15, 0.2) is 0 Å². The molecule has 1 aromatic rings. The standard InChI is InChI=1S/C15H21N5O3/c1-12(21)18-2-4-19(5-3-18)14-11-16-13(10-17-14)15(22)20-6-8-23-9-7-20/h10-11H,2-9H2,1H3. The predicted octanol–water partition coefficient (Wildman–Crippen LogP) is -0.382. The van der Waals surface area contributed by atoms with E-state index in [9.17, 15) is 9.59 Å². The molecule has 23 heavy (non-hydrogen) atoms. The zero-order valence-corrected chi connectivity index (χ0v) is 13.3. The Morgan fingerprint density at radius 2 is 1.65 bits per heavy atom. The van der Waals surface area contributed by atoms with Gasteiger partial charge in [-0.2, -0.15) is 0 Å². The van der Waals surface area contributed by atoms with Crippen LogP contribution in [-0.2, 0) is 9.53 Å². The largest absolute Gasteiger partial charge is 0.378 e. The van der Waals surface area contributed by atoms with Crippen molar-refractivity contribution < 1.29 is 14.3 Å². The number of hydrogen-bond donors (Lipinski definition) is 0. The Bertz CT molecular complexity index is 563. The minimum atomic E-state index is -0.103. The van der Waals surface area contributed by atoms with Gasteiger partial charge in [-0.05, 0) is 0 Å². The molecule has 2 aliphatic heterocycles. The van der Waals surface area contributed by atoms with Crippen molar-refractivity contribution in [3.63, 3.8) is 0 Å². The van der Waals surface area contributed by atoms with Crippen molar-refractivity contribution >= 4 is 17.6 Å². The van der Waals surface area contributed by atoms with Gasteiger partial charge in [-0.1, -0.05) is 0 Å². The lowest BCUT2D eigenvalue weighted by Crippen LogP contribution is -2.48. The summed E-state index contributed by atoms with van der Waals surface area (Å²) in [6, 6.07) is 0. The fourth-order valence-corrected chi connectivity index (χ4v) is 2.77. The van der Waals surface area contributed by atoms with Crippen molar-refractivity contribution in [3.8, 4) is 0 Å². The Hall–Kier alpha value is -2.22. The fraction of sp³-hybridized carbons (Fsp3) is 0.600. The van der Waals surface area contributed by atoms with Crippen LogP contribution >= 0.6 is 0 Å². The highest BCUT2D eigenvalue weighted by molar-refractivity contribution is 5.92. The van der Waals surface area contributed by atoms with Crippen LogP contribution < -0.4 is 4.90 Å². The van der Waals surface area contributed by atoms with Crippen LogP contribution in [0, 0.1) is 0 Å². The third-order valence-corrected chi connectivity index (χ3v) is 4.20. The molecule has 2 amide bonds. The number of rotatable bonds is 2. The number of carbonyl (C=O) groups is 2. The van der Waals surface area contributed by atoms with Crippen LogP contribution in [0.3, 0.4) is 0 Å². The van der Waals surface area contributed by atoms with Crippen molar-refractivity contribution in [1.82, 2.24) is 19.8 Å². The molecule has 0 spiro atoms. The minimum Gasteiger partial charge on any atom is -0.378 e. The van der Waals surface area contributed by atoms with Crippen LogP contribution in [-0.4, -0.2) is 84.1 Å². The van der Waals surface area contributed by atoms with Crippen LogP contribution in [0.25, 0.3) is 0 Å². The molecule has 0 radical (unpaired) electrons. The molecule has 1 aromatic heterocycles. The number of carbonyl (C=O) groups excluding carboxylic acids is 2. The molecule has 8 heteroatoms. The number of nitrogens with zero attached hydrogens (tertiary/aromatic N) is 5. The second-order valence-corrected chi connectivity index (χ2v) is 5.66. The number of piperazine rings is 1. The van der Waals surface area contributed by atoms with E-state index in [1.807, 2.05) is 4.90 Å². The highest BCUT2D eigenvalue weighted by Crippen LogP contribution is 2.13. The van der Waals surface area contributed by atoms with Crippen molar-refractivity contribution in [2.75, 3.05) is 57.4 Å². The van der Waals surface area contributed by atoms with Crippen molar-refractivity contribution in [3.05, 3.63) is 18.1 Å². The SMILES string of the molecule is CC(=O)N1CCN(c2cnc(C(=O)N3CCOCC3)cn2)CC1. The lowest BCUT2D eigenvalue weighted by atomic mass is 10.3. The molecule has 2 saturated heterocycles. The summed E-state index contributed by atoms with van der Waals surface area (Å²) in [5.41, 5.74) is 0.359. The predicted molar refractivity (Wildman–Crippen MR) is 83.2 cm³/mol. The molecule has 3 rings (SSSR count). The second-order valence-electron chi connectivity index (χ2n) is 5.66. The summed E-state index contributed by atoms with van der Waals surface area (Å²) < 4.78 is 5.25. The van der Waals surface area contributed by atoms with E-state index in [0.29, 0.717) is 45.1 Å². The van der Waals surface area contributed by atoms with E-state index in [4.69, 9.17) is 4.74 Å². The summed E-state index contributed by atoms with van der Waals surface area (Å²) in [5.74, 6) is 0.739. The minimum absolute atomic E-state index is 0.0992. The quantitative estimate of drug-likeness (QED) is 0.739. The molecule has 0 N–H and O–H groups in total. The third kappa shape index (κ3) is 3.58. The topological polar surface area (TPSA) is 78.9 Å². The van der Waals surface area contributed by atoms with Gasteiger partial charge < -0.3 is 19.4 Å². The van der Waals surface area contributed by atoms with E-state index < -0.39 is 0 Å². The second kappa shape index (κ2) is 6.91. The smallest absolute Gasteiger partial charge is 0.274 e. The Kier molecular flexibility index (Phi) is 4.71. The average molecular weight is 319 g/mol. The number of ether oxygens (including phenoxy) is 1. The Balaban J connectivity index is 1.61. The third-order valence-electron chi connectivity index (χ3n) is 4.20. The van der Waals surface area contributed by atoms with E-state index in [-0.39, 0.29) is 11.8 Å². The summed E-state index contributed by atoms with van der Waals surface area (Å²) in [7, 11) is 0. The molecule has 0 atom stereocenters. The molecule has 0 bridgehead atoms. The van der Waals surface area contributed by atoms with Gasteiger partial charge in [0, 0.05) is 46.2 Å². The number of aromatic nitrogens is 2. The lowest BCUT2D eigenvalue weighted by molar-refractivity contribution is -0.129. The first-order valence-corrected chi connectivity index (χ1v) is 7.84. The molecule has 8 nitrogen and oxygen atoms in total. The number of morpholine rings is 1. The van der Waals surface area contributed by atoms with E-state index in [1.165, 1.54) is 6.20 Å². The van der Waals surface area contributed by atoms with Crippen LogP contribution in [0.4, 0.5) is 5.82 Å². The van der Waals surface area contributed by atoms with Crippen molar-refractivity contribution in [2.45, 2.75) is 6.92 Å². The normalized spacial score (nSPS) is 18.9. The molecule has 0 unspecified atom stereocenters. The number of amides is 2. The van der Waals surface area contributed by atoms with Gasteiger partial charge in [-0.25, -0.2) is 9.97 Å². The maximum absolute atomic E-state index is 12.3. The molecule has 2 aliphatic rings. The van der Waals surface area contributed by atoms with Crippen molar-refractivity contribution in [2.24, 2.45) is 0 Å². The lowest BCUT2D eigenvalue weighted by Gasteiger charge is -2.34. The first-order valence-electron chi connectivity index (χ1n) is 7.84. The summed E-state index contributed by atoms with van der Waals surface area (Å²) in [6.45, 7) is 6.73. The summed E-state index contributed by atoms with van der Waals surface area (Å²) in [6.07, 6.45) is 3.17. The Morgan fingerprint density at radius 1 is 0.957 bits per heavy atom. The highest BCUT2D eigenvalue weighted by Gasteiger charge is 2.22. The van der Waals surface area contributed by atoms with Gasteiger partial charge in [0.25, 0.3) is 5.91 Å². The molecular formula is C15H21N5O3. The Morgan fingerprint density at radius 3 is 2.22 bits per heavy atom. The van der Waals surface area contributed by atoms with Gasteiger partial charge in [0.2, 0.25) is 5.91 Å². The zero-order chi connectivity index (χ0) is 16.2.